The number of carbonyl (C=O) groups is 1. The topological polar surface area (TPSA) is 53.6 Å². The van der Waals surface area contributed by atoms with Crippen molar-refractivity contribution in [1.29, 1.82) is 0 Å². The summed E-state index contributed by atoms with van der Waals surface area (Å²) >= 11 is 0. The van der Waals surface area contributed by atoms with Crippen LogP contribution in [0.25, 0.3) is 0 Å². The van der Waals surface area contributed by atoms with Crippen molar-refractivity contribution in [1.82, 2.24) is 15.5 Å². The molecule has 7 heteroatoms. The summed E-state index contributed by atoms with van der Waals surface area (Å²) in [5.41, 5.74) is 1.11. The highest BCUT2D eigenvalue weighted by molar-refractivity contribution is 5.85. The molecule has 1 saturated carbocycles. The van der Waals surface area contributed by atoms with E-state index in [-0.39, 0.29) is 36.8 Å². The Labute approximate surface area is 188 Å². The number of nitrogens with one attached hydrogen (secondary N) is 2. The van der Waals surface area contributed by atoms with E-state index >= 15 is 0 Å². The van der Waals surface area contributed by atoms with E-state index in [0.717, 1.165) is 37.4 Å². The molecule has 1 amide bonds. The number of amides is 1. The second-order valence-corrected chi connectivity index (χ2v) is 7.84. The van der Waals surface area contributed by atoms with Crippen LogP contribution in [0.3, 0.4) is 0 Å². The van der Waals surface area contributed by atoms with Crippen LogP contribution in [0, 0.1) is 5.92 Å². The highest BCUT2D eigenvalue weighted by Crippen LogP contribution is 2.33. The average molecular weight is 446 g/mol. The van der Waals surface area contributed by atoms with Gasteiger partial charge < -0.3 is 20.3 Å². The SMILES string of the molecule is CCN(CC)CCOc1ccc(CNC(=O)C2CC3CCCCC3N2)cc1.Cl.Cl. The minimum atomic E-state index is -0.0132. The molecule has 0 bridgehead atoms. The average Bonchev–Trinajstić information content (AvgIpc) is 3.15. The van der Waals surface area contributed by atoms with Crippen LogP contribution in [0.2, 0.25) is 0 Å². The molecule has 3 rings (SSSR count). The third-order valence-electron chi connectivity index (χ3n) is 6.14. The largest absolute Gasteiger partial charge is 0.492 e. The van der Waals surface area contributed by atoms with Gasteiger partial charge in [0.2, 0.25) is 5.91 Å². The Morgan fingerprint density at radius 2 is 1.83 bits per heavy atom. The molecular formula is C22H37Cl2N3O2. The van der Waals surface area contributed by atoms with Crippen molar-refractivity contribution in [2.75, 3.05) is 26.2 Å². The minimum absolute atomic E-state index is 0. The van der Waals surface area contributed by atoms with Gasteiger partial charge in [0.1, 0.15) is 12.4 Å². The van der Waals surface area contributed by atoms with Gasteiger partial charge in [-0.25, -0.2) is 0 Å². The number of hydrogen-bond donors (Lipinski definition) is 2. The second kappa shape index (κ2) is 13.3. The van der Waals surface area contributed by atoms with Gasteiger partial charge in [0.15, 0.2) is 0 Å². The zero-order chi connectivity index (χ0) is 19.1. The minimum Gasteiger partial charge on any atom is -0.492 e. The molecule has 2 fully saturated rings. The van der Waals surface area contributed by atoms with Crippen molar-refractivity contribution in [2.45, 2.75) is 64.6 Å². The van der Waals surface area contributed by atoms with Crippen LogP contribution in [0.4, 0.5) is 0 Å². The molecule has 0 aromatic heterocycles. The lowest BCUT2D eigenvalue weighted by Crippen LogP contribution is -2.42. The summed E-state index contributed by atoms with van der Waals surface area (Å²) in [5.74, 6) is 1.73. The van der Waals surface area contributed by atoms with Crippen molar-refractivity contribution >= 4 is 30.7 Å². The van der Waals surface area contributed by atoms with E-state index in [1.54, 1.807) is 0 Å². The summed E-state index contributed by atoms with van der Waals surface area (Å²) in [6, 6.07) is 8.60. The van der Waals surface area contributed by atoms with Crippen LogP contribution in [0.15, 0.2) is 24.3 Å². The summed E-state index contributed by atoms with van der Waals surface area (Å²) in [6.07, 6.45) is 6.11. The zero-order valence-electron chi connectivity index (χ0n) is 17.7. The standard InChI is InChI=1S/C22H35N3O2.2ClH/c1-3-25(4-2)13-14-27-19-11-9-17(10-12-19)16-23-22(26)21-15-18-7-5-6-8-20(18)24-21;;/h9-12,18,20-21,24H,3-8,13-16H2,1-2H3,(H,23,26);2*1H. The molecule has 3 atom stereocenters. The van der Waals surface area contributed by atoms with Crippen LogP contribution >= 0.6 is 24.8 Å². The molecule has 1 saturated heterocycles. The molecule has 1 aromatic rings. The maximum atomic E-state index is 12.5. The molecular weight excluding hydrogens is 409 g/mol. The number of rotatable bonds is 9. The van der Waals surface area contributed by atoms with Gasteiger partial charge in [-0.15, -0.1) is 24.8 Å². The van der Waals surface area contributed by atoms with E-state index in [1.165, 1.54) is 25.7 Å². The lowest BCUT2D eigenvalue weighted by atomic mass is 9.85. The maximum Gasteiger partial charge on any atom is 0.237 e. The molecule has 2 N–H and O–H groups in total. The van der Waals surface area contributed by atoms with Crippen LogP contribution in [0.5, 0.6) is 5.75 Å². The van der Waals surface area contributed by atoms with Crippen LogP contribution in [-0.4, -0.2) is 49.1 Å². The first-order valence-corrected chi connectivity index (χ1v) is 10.7. The molecule has 1 aromatic carbocycles. The monoisotopic (exact) mass is 445 g/mol. The molecule has 0 radical (unpaired) electrons. The Bertz CT molecular complexity index is 582. The van der Waals surface area contributed by atoms with E-state index < -0.39 is 0 Å². The van der Waals surface area contributed by atoms with Crippen LogP contribution in [-0.2, 0) is 11.3 Å². The number of benzene rings is 1. The van der Waals surface area contributed by atoms with E-state index in [4.69, 9.17) is 4.74 Å². The fourth-order valence-electron chi connectivity index (χ4n) is 4.37. The quantitative estimate of drug-likeness (QED) is 0.606. The van der Waals surface area contributed by atoms with E-state index in [9.17, 15) is 4.79 Å². The molecule has 3 unspecified atom stereocenters. The molecule has 1 heterocycles. The Hall–Kier alpha value is -1.01. The van der Waals surface area contributed by atoms with Crippen molar-refractivity contribution in [3.8, 4) is 5.75 Å². The number of fused-ring (bicyclic) bond motifs is 1. The van der Waals surface area contributed by atoms with Crippen LogP contribution < -0.4 is 15.4 Å². The van der Waals surface area contributed by atoms with Gasteiger partial charge in [-0.3, -0.25) is 4.79 Å². The lowest BCUT2D eigenvalue weighted by Gasteiger charge is -2.24. The molecule has 166 valence electrons. The fourth-order valence-corrected chi connectivity index (χ4v) is 4.37. The summed E-state index contributed by atoms with van der Waals surface area (Å²) in [6.45, 7) is 8.66. The first kappa shape index (κ1) is 26.0. The molecule has 1 aliphatic heterocycles. The predicted molar refractivity (Wildman–Crippen MR) is 123 cm³/mol. The fraction of sp³-hybridized carbons (Fsp3) is 0.682. The summed E-state index contributed by atoms with van der Waals surface area (Å²) in [5, 5.41) is 6.64. The van der Waals surface area contributed by atoms with Gasteiger partial charge in [-0.05, 0) is 56.0 Å². The normalized spacial score (nSPS) is 22.9. The molecule has 2 aliphatic rings. The van der Waals surface area contributed by atoms with Crippen molar-refractivity contribution < 1.29 is 9.53 Å². The summed E-state index contributed by atoms with van der Waals surface area (Å²) in [4.78, 5) is 14.8. The molecule has 29 heavy (non-hydrogen) atoms. The van der Waals surface area contributed by atoms with E-state index in [2.05, 4.69) is 29.4 Å². The highest BCUT2D eigenvalue weighted by Gasteiger charge is 2.37. The van der Waals surface area contributed by atoms with Gasteiger partial charge in [-0.2, -0.15) is 0 Å². The number of hydrogen-bond acceptors (Lipinski definition) is 4. The number of ether oxygens (including phenoxy) is 1. The molecule has 5 nitrogen and oxygen atoms in total. The smallest absolute Gasteiger partial charge is 0.237 e. The summed E-state index contributed by atoms with van der Waals surface area (Å²) in [7, 11) is 0. The Balaban J connectivity index is 0.00000210. The van der Waals surface area contributed by atoms with E-state index in [0.29, 0.717) is 25.1 Å². The van der Waals surface area contributed by atoms with Gasteiger partial charge in [0, 0.05) is 19.1 Å². The lowest BCUT2D eigenvalue weighted by molar-refractivity contribution is -0.123. The summed E-state index contributed by atoms with van der Waals surface area (Å²) < 4.78 is 5.82. The number of likely N-dealkylation sites (N-methyl/N-ethyl adjacent to an activating group) is 1. The van der Waals surface area contributed by atoms with E-state index in [1.807, 2.05) is 24.3 Å². The third-order valence-corrected chi connectivity index (χ3v) is 6.14. The van der Waals surface area contributed by atoms with Gasteiger partial charge in [0.05, 0.1) is 6.04 Å². The van der Waals surface area contributed by atoms with Gasteiger partial charge in [0.25, 0.3) is 0 Å². The first-order chi connectivity index (χ1) is 13.2. The Kier molecular flexibility index (Phi) is 12.0. The van der Waals surface area contributed by atoms with Crippen molar-refractivity contribution in [3.05, 3.63) is 29.8 Å². The van der Waals surface area contributed by atoms with Crippen molar-refractivity contribution in [2.24, 2.45) is 5.92 Å². The Morgan fingerprint density at radius 1 is 1.14 bits per heavy atom. The number of nitrogens with zero attached hydrogens (tertiary/aromatic N) is 1. The van der Waals surface area contributed by atoms with Crippen LogP contribution in [0.1, 0.15) is 51.5 Å². The van der Waals surface area contributed by atoms with Gasteiger partial charge in [-0.1, -0.05) is 38.8 Å². The third kappa shape index (κ3) is 7.63. The Morgan fingerprint density at radius 3 is 2.48 bits per heavy atom. The van der Waals surface area contributed by atoms with Gasteiger partial charge >= 0.3 is 0 Å². The molecule has 0 spiro atoms. The number of halogens is 2. The first-order valence-electron chi connectivity index (χ1n) is 10.7. The molecule has 1 aliphatic carbocycles. The second-order valence-electron chi connectivity index (χ2n) is 7.84. The maximum absolute atomic E-state index is 12.5. The van der Waals surface area contributed by atoms with Crippen molar-refractivity contribution in [3.63, 3.8) is 0 Å². The number of carbonyl (C=O) groups excluding carboxylic acids is 1. The highest BCUT2D eigenvalue weighted by atomic mass is 35.5. The predicted octanol–water partition coefficient (Wildman–Crippen LogP) is 3.79. The zero-order valence-corrected chi connectivity index (χ0v) is 19.3.